The molecular formula is C40H62O5S3. The fourth-order valence-electron chi connectivity index (χ4n) is 8.12. The van der Waals surface area contributed by atoms with Crippen LogP contribution in [-0.2, 0) is 30.5 Å². The van der Waals surface area contributed by atoms with Gasteiger partial charge < -0.3 is 14.2 Å². The summed E-state index contributed by atoms with van der Waals surface area (Å²) in [6, 6.07) is 7.43. The zero-order valence-electron chi connectivity index (χ0n) is 30.2. The Morgan fingerprint density at radius 2 is 1.58 bits per heavy atom. The molecule has 4 saturated heterocycles. The Morgan fingerprint density at radius 3 is 2.27 bits per heavy atom. The van der Waals surface area contributed by atoms with E-state index in [0.717, 1.165) is 67.1 Å². The minimum atomic E-state index is -3.47. The Hall–Kier alpha value is -0.770. The summed E-state index contributed by atoms with van der Waals surface area (Å²) in [5.41, 5.74) is 3.50. The van der Waals surface area contributed by atoms with Gasteiger partial charge in [0.25, 0.3) is 0 Å². The van der Waals surface area contributed by atoms with Crippen molar-refractivity contribution in [3.63, 3.8) is 0 Å². The predicted octanol–water partition coefficient (Wildman–Crippen LogP) is 9.69. The summed E-state index contributed by atoms with van der Waals surface area (Å²) >= 11 is 4.24. The molecule has 48 heavy (non-hydrogen) atoms. The first-order chi connectivity index (χ1) is 23.0. The number of thioether (sulfide) groups is 2. The molecule has 1 aromatic rings. The van der Waals surface area contributed by atoms with Crippen molar-refractivity contribution >= 4 is 33.4 Å². The van der Waals surface area contributed by atoms with E-state index in [2.05, 4.69) is 71.3 Å². The summed E-state index contributed by atoms with van der Waals surface area (Å²) in [5, 5.41) is 0. The molecule has 0 aromatic heterocycles. The normalized spacial score (nSPS) is 34.1. The molecular weight excluding hydrogens is 657 g/mol. The summed E-state index contributed by atoms with van der Waals surface area (Å²) < 4.78 is 48.5. The molecule has 5 nitrogen and oxygen atoms in total. The van der Waals surface area contributed by atoms with Crippen molar-refractivity contribution in [2.75, 3.05) is 17.3 Å². The van der Waals surface area contributed by atoms with Crippen LogP contribution in [0.2, 0.25) is 0 Å². The minimum absolute atomic E-state index is 0.0477. The molecule has 4 heterocycles. The van der Waals surface area contributed by atoms with Crippen molar-refractivity contribution in [1.29, 1.82) is 0 Å². The van der Waals surface area contributed by atoms with Crippen LogP contribution in [0.4, 0.5) is 0 Å². The Bertz CT molecular complexity index is 1310. The Labute approximate surface area is 301 Å². The molecule has 4 aliphatic heterocycles. The second-order valence-corrected chi connectivity index (χ2v) is 20.2. The smallest absolute Gasteiger partial charge is 0.178 e. The Morgan fingerprint density at radius 1 is 0.896 bits per heavy atom. The Kier molecular flexibility index (Phi) is 14.1. The molecule has 4 aliphatic rings. The van der Waals surface area contributed by atoms with Crippen LogP contribution < -0.4 is 0 Å². The third-order valence-corrected chi connectivity index (χ3v) is 16.6. The van der Waals surface area contributed by atoms with Gasteiger partial charge in [-0.25, -0.2) is 8.42 Å². The molecule has 1 aromatic carbocycles. The Balaban J connectivity index is 1.21. The second-order valence-electron chi connectivity index (χ2n) is 15.2. The molecule has 0 aliphatic carbocycles. The highest BCUT2D eigenvalue weighted by Gasteiger charge is 2.46. The standard InChI is InChI=1S/C40H62O5S3/c1-8-26(3)21-37-30(7)35(25-48(41,42)34-15-11-31(9-2)12-16-34)39(45-37)24-38-29(6)27(4)22-32(44-38)13-17-36-28(5)23-33(43-36)14-18-40-46-19-10-20-47-40/h11-12,15-16,26-27,30,32-33,35-40H,5-6,8-10,13-14,17-25H2,1-4,7H3/t26-,27+,30-,32+,33+,35-,36+,37-,38-,39+/m1/s1. The minimum Gasteiger partial charge on any atom is -0.374 e. The SMILES string of the molecule is C=C1C[C@H](CCC2SCCCS2)O[C@H]1CC[C@H]1C[C@H](C)C(=C)[C@@H](C[C@@H]2O[C@H](C[C@H](C)CC)[C@H](C)[C@H]2CS(=O)(=O)c2ccc(CC)cc2)O1. The molecule has 5 rings (SSSR count). The van der Waals surface area contributed by atoms with E-state index in [1.807, 2.05) is 12.1 Å². The zero-order chi connectivity index (χ0) is 34.4. The molecule has 0 amide bonds. The predicted molar refractivity (Wildman–Crippen MR) is 204 cm³/mol. The lowest BCUT2D eigenvalue weighted by atomic mass is 9.81. The number of aryl methyl sites for hydroxylation is 1. The number of ether oxygens (including phenoxy) is 3. The molecule has 0 N–H and O–H groups in total. The molecule has 270 valence electrons. The molecule has 0 bridgehead atoms. The fourth-order valence-corrected chi connectivity index (χ4v) is 12.8. The van der Waals surface area contributed by atoms with E-state index in [4.69, 9.17) is 14.2 Å². The summed E-state index contributed by atoms with van der Waals surface area (Å²) in [4.78, 5) is 0.410. The zero-order valence-corrected chi connectivity index (χ0v) is 32.7. The van der Waals surface area contributed by atoms with Gasteiger partial charge in [0.05, 0.1) is 51.9 Å². The highest BCUT2D eigenvalue weighted by molar-refractivity contribution is 8.17. The molecule has 10 atom stereocenters. The van der Waals surface area contributed by atoms with Crippen molar-refractivity contribution in [3.8, 4) is 0 Å². The van der Waals surface area contributed by atoms with E-state index < -0.39 is 9.84 Å². The summed E-state index contributed by atoms with van der Waals surface area (Å²) in [6.45, 7) is 19.9. The van der Waals surface area contributed by atoms with Gasteiger partial charge in [-0.15, -0.1) is 23.5 Å². The molecule has 0 unspecified atom stereocenters. The van der Waals surface area contributed by atoms with E-state index in [9.17, 15) is 8.42 Å². The maximum absolute atomic E-state index is 13.8. The highest BCUT2D eigenvalue weighted by atomic mass is 32.2. The average Bonchev–Trinajstić information content (AvgIpc) is 3.58. The van der Waals surface area contributed by atoms with Crippen molar-refractivity contribution in [3.05, 3.63) is 54.1 Å². The molecule has 0 spiro atoms. The van der Waals surface area contributed by atoms with E-state index in [0.29, 0.717) is 29.3 Å². The van der Waals surface area contributed by atoms with Gasteiger partial charge in [-0.05, 0) is 116 Å². The quantitative estimate of drug-likeness (QED) is 0.167. The molecule has 0 radical (unpaired) electrons. The van der Waals surface area contributed by atoms with Crippen LogP contribution in [0.1, 0.15) is 104 Å². The fraction of sp³-hybridized carbons (Fsp3) is 0.750. The average molecular weight is 719 g/mol. The lowest BCUT2D eigenvalue weighted by Gasteiger charge is -2.38. The van der Waals surface area contributed by atoms with Crippen LogP contribution in [0.3, 0.4) is 0 Å². The van der Waals surface area contributed by atoms with Gasteiger partial charge in [-0.2, -0.15) is 0 Å². The van der Waals surface area contributed by atoms with Gasteiger partial charge in [-0.3, -0.25) is 0 Å². The summed E-state index contributed by atoms with van der Waals surface area (Å²) in [7, 11) is -3.47. The van der Waals surface area contributed by atoms with Gasteiger partial charge in [-0.1, -0.05) is 66.3 Å². The highest BCUT2D eigenvalue weighted by Crippen LogP contribution is 2.43. The first kappa shape index (κ1) is 38.5. The van der Waals surface area contributed by atoms with Gasteiger partial charge in [0.2, 0.25) is 0 Å². The third kappa shape index (κ3) is 9.97. The van der Waals surface area contributed by atoms with E-state index in [-0.39, 0.29) is 48.1 Å². The van der Waals surface area contributed by atoms with Crippen LogP contribution in [-0.4, -0.2) is 66.9 Å². The number of rotatable bonds is 15. The number of sulfone groups is 1. The van der Waals surface area contributed by atoms with Gasteiger partial charge in [0, 0.05) is 12.3 Å². The molecule has 4 fully saturated rings. The van der Waals surface area contributed by atoms with Gasteiger partial charge in [0.1, 0.15) is 0 Å². The van der Waals surface area contributed by atoms with Gasteiger partial charge >= 0.3 is 0 Å². The maximum Gasteiger partial charge on any atom is 0.178 e. The summed E-state index contributed by atoms with van der Waals surface area (Å²) in [6.07, 6.45) is 11.3. The van der Waals surface area contributed by atoms with Crippen molar-refractivity contribution in [1.82, 2.24) is 0 Å². The lowest BCUT2D eigenvalue weighted by molar-refractivity contribution is -0.0737. The van der Waals surface area contributed by atoms with E-state index in [1.54, 1.807) is 12.1 Å². The van der Waals surface area contributed by atoms with Crippen LogP contribution in [0.5, 0.6) is 0 Å². The first-order valence-electron chi connectivity index (χ1n) is 18.8. The maximum atomic E-state index is 13.8. The largest absolute Gasteiger partial charge is 0.374 e. The number of hydrogen-bond acceptors (Lipinski definition) is 7. The lowest BCUT2D eigenvalue weighted by Crippen LogP contribution is -2.38. The van der Waals surface area contributed by atoms with Crippen molar-refractivity contribution < 1.29 is 22.6 Å². The van der Waals surface area contributed by atoms with Crippen LogP contribution in [0, 0.1) is 23.7 Å². The topological polar surface area (TPSA) is 61.8 Å². The van der Waals surface area contributed by atoms with Crippen molar-refractivity contribution in [2.24, 2.45) is 23.7 Å². The van der Waals surface area contributed by atoms with E-state index in [1.165, 1.54) is 29.9 Å². The summed E-state index contributed by atoms with van der Waals surface area (Å²) in [5.74, 6) is 3.60. The van der Waals surface area contributed by atoms with E-state index >= 15 is 0 Å². The molecule has 8 heteroatoms. The van der Waals surface area contributed by atoms with Gasteiger partial charge in [0.15, 0.2) is 9.84 Å². The number of benzene rings is 1. The van der Waals surface area contributed by atoms with Crippen LogP contribution >= 0.6 is 23.5 Å². The van der Waals surface area contributed by atoms with Crippen LogP contribution in [0.15, 0.2) is 53.5 Å². The number of hydrogen-bond donors (Lipinski definition) is 0. The van der Waals surface area contributed by atoms with Crippen molar-refractivity contribution in [2.45, 2.75) is 151 Å². The third-order valence-electron chi connectivity index (χ3n) is 11.7. The first-order valence-corrected chi connectivity index (χ1v) is 22.6. The second kappa shape index (κ2) is 17.6. The monoisotopic (exact) mass is 718 g/mol. The van der Waals surface area contributed by atoms with Crippen LogP contribution in [0.25, 0.3) is 0 Å². The molecule has 0 saturated carbocycles.